The van der Waals surface area contributed by atoms with Crippen molar-refractivity contribution in [3.63, 3.8) is 0 Å². The first-order valence-electron chi connectivity index (χ1n) is 6.71. The Labute approximate surface area is 124 Å². The highest BCUT2D eigenvalue weighted by Gasteiger charge is 2.33. The third-order valence-corrected chi connectivity index (χ3v) is 5.50. The molecule has 0 aliphatic carbocycles. The second kappa shape index (κ2) is 6.44. The quantitative estimate of drug-likeness (QED) is 0.783. The van der Waals surface area contributed by atoms with Gasteiger partial charge in [0.2, 0.25) is 10.0 Å². The van der Waals surface area contributed by atoms with Crippen LogP contribution in [0.3, 0.4) is 0 Å². The average molecular weight is 313 g/mol. The van der Waals surface area contributed by atoms with E-state index in [9.17, 15) is 13.2 Å². The molecule has 0 aromatic heterocycles. The number of hydrogen-bond donors (Lipinski definition) is 0. The Hall–Kier alpha value is -1.60. The van der Waals surface area contributed by atoms with Gasteiger partial charge in [0.15, 0.2) is 0 Å². The fraction of sp³-hybridized carbons (Fsp3) is 0.500. The highest BCUT2D eigenvalue weighted by Crippen LogP contribution is 2.25. The number of hydrogen-bond acceptors (Lipinski definition) is 5. The maximum Gasteiger partial charge on any atom is 0.309 e. The zero-order chi connectivity index (χ0) is 15.5. The summed E-state index contributed by atoms with van der Waals surface area (Å²) in [6.07, 6.45) is 1.30. The second-order valence-electron chi connectivity index (χ2n) is 4.90. The number of ether oxygens (including phenoxy) is 2. The molecule has 1 heterocycles. The average Bonchev–Trinajstić information content (AvgIpc) is 2.54. The smallest absolute Gasteiger partial charge is 0.309 e. The minimum Gasteiger partial charge on any atom is -0.497 e. The van der Waals surface area contributed by atoms with Crippen LogP contribution in [-0.2, 0) is 19.6 Å². The number of esters is 1. The highest BCUT2D eigenvalue weighted by molar-refractivity contribution is 7.89. The van der Waals surface area contributed by atoms with E-state index in [2.05, 4.69) is 0 Å². The standard InChI is InChI=1S/C14H19NO5S/c1-19-12-5-7-13(8-6-12)21(17,18)15-9-3-4-11(10-15)14(16)20-2/h5-8,11H,3-4,9-10H2,1-2H3. The molecule has 1 fully saturated rings. The zero-order valence-corrected chi connectivity index (χ0v) is 12.9. The molecule has 1 aliphatic heterocycles. The summed E-state index contributed by atoms with van der Waals surface area (Å²) in [5.41, 5.74) is 0. The van der Waals surface area contributed by atoms with Crippen LogP contribution in [0.25, 0.3) is 0 Å². The SMILES string of the molecule is COC(=O)C1CCCN(S(=O)(=O)c2ccc(OC)cc2)C1. The van der Waals surface area contributed by atoms with Crippen LogP contribution in [0.5, 0.6) is 5.75 Å². The molecular formula is C14H19NO5S. The van der Waals surface area contributed by atoms with Crippen molar-refractivity contribution in [2.75, 3.05) is 27.3 Å². The van der Waals surface area contributed by atoms with Gasteiger partial charge in [0.25, 0.3) is 0 Å². The number of sulfonamides is 1. The molecule has 0 spiro atoms. The first-order valence-corrected chi connectivity index (χ1v) is 8.15. The predicted molar refractivity (Wildman–Crippen MR) is 76.5 cm³/mol. The summed E-state index contributed by atoms with van der Waals surface area (Å²) in [4.78, 5) is 11.8. The molecule has 0 saturated carbocycles. The van der Waals surface area contributed by atoms with Crippen LogP contribution >= 0.6 is 0 Å². The maximum absolute atomic E-state index is 12.6. The molecule has 116 valence electrons. The summed E-state index contributed by atoms with van der Waals surface area (Å²) in [5, 5.41) is 0. The lowest BCUT2D eigenvalue weighted by Gasteiger charge is -2.30. The van der Waals surface area contributed by atoms with Crippen molar-refractivity contribution in [2.24, 2.45) is 5.92 Å². The van der Waals surface area contributed by atoms with Crippen LogP contribution in [0, 0.1) is 5.92 Å². The maximum atomic E-state index is 12.6. The summed E-state index contributed by atoms with van der Waals surface area (Å²) in [6, 6.07) is 6.23. The third kappa shape index (κ3) is 3.36. The van der Waals surface area contributed by atoms with Gasteiger partial charge in [-0.2, -0.15) is 4.31 Å². The lowest BCUT2D eigenvalue weighted by Crippen LogP contribution is -2.42. The molecule has 0 N–H and O–H groups in total. The Morgan fingerprint density at radius 1 is 1.24 bits per heavy atom. The van der Waals surface area contributed by atoms with Crippen LogP contribution in [0.15, 0.2) is 29.2 Å². The Morgan fingerprint density at radius 3 is 2.48 bits per heavy atom. The van der Waals surface area contributed by atoms with E-state index in [1.807, 2.05) is 0 Å². The van der Waals surface area contributed by atoms with Crippen LogP contribution in [-0.4, -0.2) is 46.0 Å². The Kier molecular flexibility index (Phi) is 4.84. The van der Waals surface area contributed by atoms with E-state index < -0.39 is 15.9 Å². The number of carbonyl (C=O) groups excluding carboxylic acids is 1. The summed E-state index contributed by atoms with van der Waals surface area (Å²) in [7, 11) is -0.750. The van der Waals surface area contributed by atoms with Gasteiger partial charge in [-0.1, -0.05) is 0 Å². The minimum absolute atomic E-state index is 0.168. The van der Waals surface area contributed by atoms with Gasteiger partial charge in [0, 0.05) is 13.1 Å². The number of carbonyl (C=O) groups is 1. The van der Waals surface area contributed by atoms with Gasteiger partial charge in [0.05, 0.1) is 25.0 Å². The van der Waals surface area contributed by atoms with Gasteiger partial charge in [-0.25, -0.2) is 8.42 Å². The number of methoxy groups -OCH3 is 2. The number of nitrogens with zero attached hydrogens (tertiary/aromatic N) is 1. The summed E-state index contributed by atoms with van der Waals surface area (Å²) >= 11 is 0. The molecule has 6 nitrogen and oxygen atoms in total. The lowest BCUT2D eigenvalue weighted by molar-refractivity contribution is -0.146. The molecule has 0 bridgehead atoms. The van der Waals surface area contributed by atoms with Crippen LogP contribution < -0.4 is 4.74 Å². The highest BCUT2D eigenvalue weighted by atomic mass is 32.2. The first kappa shape index (κ1) is 15.8. The lowest BCUT2D eigenvalue weighted by atomic mass is 10.0. The number of rotatable bonds is 4. The fourth-order valence-corrected chi connectivity index (χ4v) is 3.94. The Bertz CT molecular complexity index is 596. The first-order chi connectivity index (χ1) is 9.98. The van der Waals surface area contributed by atoms with E-state index >= 15 is 0 Å². The predicted octanol–water partition coefficient (Wildman–Crippen LogP) is 1.27. The molecule has 0 amide bonds. The van der Waals surface area contributed by atoms with Gasteiger partial charge >= 0.3 is 5.97 Å². The fourth-order valence-electron chi connectivity index (χ4n) is 2.42. The van der Waals surface area contributed by atoms with E-state index in [-0.39, 0.29) is 17.4 Å². The van der Waals surface area contributed by atoms with Crippen molar-refractivity contribution in [2.45, 2.75) is 17.7 Å². The van der Waals surface area contributed by atoms with E-state index in [4.69, 9.17) is 9.47 Å². The Morgan fingerprint density at radius 2 is 1.90 bits per heavy atom. The van der Waals surface area contributed by atoms with Crippen molar-refractivity contribution >= 4 is 16.0 Å². The van der Waals surface area contributed by atoms with E-state index in [1.54, 1.807) is 12.1 Å². The van der Waals surface area contributed by atoms with Crippen molar-refractivity contribution in [1.29, 1.82) is 0 Å². The molecule has 1 atom stereocenters. The van der Waals surface area contributed by atoms with Crippen molar-refractivity contribution < 1.29 is 22.7 Å². The molecule has 1 aromatic carbocycles. The topological polar surface area (TPSA) is 72.9 Å². The van der Waals surface area contributed by atoms with Crippen LogP contribution in [0.1, 0.15) is 12.8 Å². The van der Waals surface area contributed by atoms with E-state index in [0.717, 1.165) is 0 Å². The van der Waals surface area contributed by atoms with Gasteiger partial charge in [-0.15, -0.1) is 0 Å². The van der Waals surface area contributed by atoms with Crippen LogP contribution in [0.4, 0.5) is 0 Å². The largest absolute Gasteiger partial charge is 0.497 e. The van der Waals surface area contributed by atoms with Gasteiger partial charge in [-0.3, -0.25) is 4.79 Å². The van der Waals surface area contributed by atoms with Gasteiger partial charge in [0.1, 0.15) is 5.75 Å². The molecule has 1 unspecified atom stereocenters. The molecule has 0 radical (unpaired) electrons. The molecule has 1 aromatic rings. The number of piperidine rings is 1. The van der Waals surface area contributed by atoms with E-state index in [0.29, 0.717) is 25.1 Å². The minimum atomic E-state index is -3.59. The summed E-state index contributed by atoms with van der Waals surface area (Å²) in [5.74, 6) is -0.151. The van der Waals surface area contributed by atoms with Crippen molar-refractivity contribution in [3.8, 4) is 5.75 Å². The normalized spacial score (nSPS) is 20.0. The van der Waals surface area contributed by atoms with Crippen molar-refractivity contribution in [1.82, 2.24) is 4.31 Å². The van der Waals surface area contributed by atoms with Crippen LogP contribution in [0.2, 0.25) is 0 Å². The molecule has 7 heteroatoms. The monoisotopic (exact) mass is 313 g/mol. The Balaban J connectivity index is 2.19. The zero-order valence-electron chi connectivity index (χ0n) is 12.1. The molecule has 2 rings (SSSR count). The molecule has 21 heavy (non-hydrogen) atoms. The van der Waals surface area contributed by atoms with Gasteiger partial charge < -0.3 is 9.47 Å². The van der Waals surface area contributed by atoms with Crippen molar-refractivity contribution in [3.05, 3.63) is 24.3 Å². The third-order valence-electron chi connectivity index (χ3n) is 3.62. The number of benzene rings is 1. The molecular weight excluding hydrogens is 294 g/mol. The summed E-state index contributed by atoms with van der Waals surface area (Å²) in [6.45, 7) is 0.586. The summed E-state index contributed by atoms with van der Waals surface area (Å²) < 4.78 is 36.2. The molecule has 1 saturated heterocycles. The second-order valence-corrected chi connectivity index (χ2v) is 6.84. The van der Waals surface area contributed by atoms with Gasteiger partial charge in [-0.05, 0) is 37.1 Å². The molecule has 1 aliphatic rings. The van der Waals surface area contributed by atoms with E-state index in [1.165, 1.54) is 30.7 Å².